The third-order valence-corrected chi connectivity index (χ3v) is 5.29. The number of pyridine rings is 3. The minimum atomic E-state index is -0.679. The summed E-state index contributed by atoms with van der Waals surface area (Å²) in [7, 11) is 0. The van der Waals surface area contributed by atoms with E-state index < -0.39 is 11.8 Å². The quantitative estimate of drug-likeness (QED) is 0.419. The number of benzene rings is 1. The Labute approximate surface area is 191 Å². The van der Waals surface area contributed by atoms with Gasteiger partial charge in [0, 0.05) is 53.4 Å². The number of nitrogens with zero attached hydrogens (tertiary/aromatic N) is 3. The Kier molecular flexibility index (Phi) is 6.72. The zero-order valence-electron chi connectivity index (χ0n) is 17.3. The lowest BCUT2D eigenvalue weighted by molar-refractivity contribution is -0.118. The Morgan fingerprint density at radius 2 is 1.94 bits per heavy atom. The average Bonchev–Trinajstić information content (AvgIpc) is 2.81. The molecule has 3 aromatic heterocycles. The predicted molar refractivity (Wildman–Crippen MR) is 126 cm³/mol. The molecule has 0 fully saturated rings. The first-order valence-electron chi connectivity index (χ1n) is 10.2. The molecule has 6 nitrogen and oxygen atoms in total. The number of hydrogen-bond donors (Lipinski definition) is 2. The monoisotopic (exact) mass is 443 g/mol. The fourth-order valence-electron chi connectivity index (χ4n) is 3.55. The van der Waals surface area contributed by atoms with Crippen LogP contribution in [0.25, 0.3) is 11.3 Å². The van der Waals surface area contributed by atoms with Crippen LogP contribution in [0.4, 0.5) is 5.82 Å². The molecular formula is C25H22ClN5O. The third-order valence-electron chi connectivity index (χ3n) is 5.06. The van der Waals surface area contributed by atoms with E-state index >= 15 is 0 Å². The Balaban J connectivity index is 1.71. The number of rotatable bonds is 8. The summed E-state index contributed by atoms with van der Waals surface area (Å²) in [4.78, 5) is 25.8. The minimum absolute atomic E-state index is 0.469. The lowest BCUT2D eigenvalue weighted by Gasteiger charge is -2.19. The Morgan fingerprint density at radius 1 is 1.03 bits per heavy atom. The lowest BCUT2D eigenvalue weighted by Crippen LogP contribution is -2.24. The van der Waals surface area contributed by atoms with Crippen LogP contribution in [-0.4, -0.2) is 27.4 Å². The molecule has 0 bridgehead atoms. The van der Waals surface area contributed by atoms with Crippen LogP contribution in [0.5, 0.6) is 0 Å². The highest BCUT2D eigenvalue weighted by Gasteiger charge is 2.24. The molecule has 0 aliphatic rings. The number of nitrogens with two attached hydrogens (primary N) is 1. The summed E-state index contributed by atoms with van der Waals surface area (Å²) < 4.78 is 0. The topological polar surface area (TPSA) is 93.8 Å². The number of anilines is 1. The summed E-state index contributed by atoms with van der Waals surface area (Å²) in [6.45, 7) is 0.592. The number of amides is 1. The number of nitrogens with one attached hydrogen (secondary N) is 1. The van der Waals surface area contributed by atoms with Gasteiger partial charge < -0.3 is 11.1 Å². The minimum Gasteiger partial charge on any atom is -0.369 e. The van der Waals surface area contributed by atoms with Gasteiger partial charge in [0.25, 0.3) is 0 Å². The van der Waals surface area contributed by atoms with E-state index in [4.69, 9.17) is 22.3 Å². The van der Waals surface area contributed by atoms with Crippen molar-refractivity contribution in [3.63, 3.8) is 0 Å². The molecule has 0 saturated heterocycles. The van der Waals surface area contributed by atoms with Crippen LogP contribution in [0.15, 0.2) is 85.3 Å². The molecular weight excluding hydrogens is 422 g/mol. The van der Waals surface area contributed by atoms with Gasteiger partial charge in [-0.05, 0) is 42.0 Å². The molecule has 7 heteroatoms. The van der Waals surface area contributed by atoms with E-state index in [1.165, 1.54) is 0 Å². The smallest absolute Gasteiger partial charge is 0.229 e. The second kappa shape index (κ2) is 10.0. The summed E-state index contributed by atoms with van der Waals surface area (Å²) in [6.07, 6.45) is 5.79. The first-order valence-corrected chi connectivity index (χ1v) is 10.6. The van der Waals surface area contributed by atoms with Gasteiger partial charge in [0.05, 0.1) is 11.6 Å². The second-order valence-corrected chi connectivity index (χ2v) is 7.70. The molecule has 0 radical (unpaired) electrons. The van der Waals surface area contributed by atoms with Crippen LogP contribution in [-0.2, 0) is 11.2 Å². The summed E-state index contributed by atoms with van der Waals surface area (Å²) in [5.74, 6) is -0.559. The summed E-state index contributed by atoms with van der Waals surface area (Å²) in [6, 6.07) is 20.7. The largest absolute Gasteiger partial charge is 0.369 e. The van der Waals surface area contributed by atoms with Crippen molar-refractivity contribution in [2.75, 3.05) is 11.9 Å². The fourth-order valence-corrected chi connectivity index (χ4v) is 3.74. The molecule has 4 rings (SSSR count). The normalized spacial score (nSPS) is 11.7. The summed E-state index contributed by atoms with van der Waals surface area (Å²) in [5, 5.41) is 4.01. The Morgan fingerprint density at radius 3 is 2.66 bits per heavy atom. The van der Waals surface area contributed by atoms with Crippen LogP contribution in [0, 0.1) is 0 Å². The SMILES string of the molecule is NC(=O)C(c1cccnc1)c1ccc(-c2cccc(Cl)c2)nc1NCCc1ccccn1. The van der Waals surface area contributed by atoms with Gasteiger partial charge in [-0.3, -0.25) is 14.8 Å². The van der Waals surface area contributed by atoms with Crippen LogP contribution in [0.1, 0.15) is 22.7 Å². The molecule has 0 aliphatic carbocycles. The van der Waals surface area contributed by atoms with E-state index in [1.807, 2.05) is 60.7 Å². The Hall–Kier alpha value is -3.77. The van der Waals surface area contributed by atoms with E-state index in [0.717, 1.165) is 17.0 Å². The molecule has 1 amide bonds. The maximum atomic E-state index is 12.5. The Bertz CT molecular complexity index is 1200. The van der Waals surface area contributed by atoms with Gasteiger partial charge in [-0.2, -0.15) is 0 Å². The van der Waals surface area contributed by atoms with Gasteiger partial charge in [-0.25, -0.2) is 4.98 Å². The highest BCUT2D eigenvalue weighted by Crippen LogP contribution is 2.32. The summed E-state index contributed by atoms with van der Waals surface area (Å²) >= 11 is 6.17. The van der Waals surface area contributed by atoms with Crippen molar-refractivity contribution in [2.24, 2.45) is 5.73 Å². The van der Waals surface area contributed by atoms with Gasteiger partial charge in [0.1, 0.15) is 5.82 Å². The van der Waals surface area contributed by atoms with E-state index in [-0.39, 0.29) is 0 Å². The molecule has 0 spiro atoms. The highest BCUT2D eigenvalue weighted by molar-refractivity contribution is 6.30. The standard InChI is InChI=1S/C25H22ClN5O/c26-19-7-3-5-17(15-19)22-10-9-21(23(24(27)32)18-6-4-12-28-16-18)25(31-22)30-14-11-20-8-1-2-13-29-20/h1-10,12-13,15-16,23H,11,14H2,(H2,27,32)(H,30,31). The number of halogens is 1. The van der Waals surface area contributed by atoms with E-state index in [1.54, 1.807) is 24.7 Å². The number of carbonyl (C=O) groups is 1. The first kappa shape index (κ1) is 21.5. The van der Waals surface area contributed by atoms with Crippen molar-refractivity contribution >= 4 is 23.3 Å². The van der Waals surface area contributed by atoms with Gasteiger partial charge >= 0.3 is 0 Å². The van der Waals surface area contributed by atoms with Crippen molar-refractivity contribution in [1.82, 2.24) is 15.0 Å². The molecule has 1 aromatic carbocycles. The molecule has 3 N–H and O–H groups in total. The predicted octanol–water partition coefficient (Wildman–Crippen LogP) is 4.46. The maximum absolute atomic E-state index is 12.5. The number of aromatic nitrogens is 3. The molecule has 1 atom stereocenters. The van der Waals surface area contributed by atoms with Crippen molar-refractivity contribution in [3.8, 4) is 11.3 Å². The van der Waals surface area contributed by atoms with E-state index in [0.29, 0.717) is 34.9 Å². The number of hydrogen-bond acceptors (Lipinski definition) is 5. The van der Waals surface area contributed by atoms with Crippen LogP contribution in [0.2, 0.25) is 5.02 Å². The molecule has 160 valence electrons. The fraction of sp³-hybridized carbons (Fsp3) is 0.120. The molecule has 3 heterocycles. The average molecular weight is 444 g/mol. The van der Waals surface area contributed by atoms with Crippen LogP contribution >= 0.6 is 11.6 Å². The highest BCUT2D eigenvalue weighted by atomic mass is 35.5. The van der Waals surface area contributed by atoms with Crippen molar-refractivity contribution in [3.05, 3.63) is 107 Å². The molecule has 0 aliphatic heterocycles. The first-order chi connectivity index (χ1) is 15.6. The van der Waals surface area contributed by atoms with Crippen molar-refractivity contribution in [1.29, 1.82) is 0 Å². The molecule has 1 unspecified atom stereocenters. The van der Waals surface area contributed by atoms with Crippen LogP contribution in [0.3, 0.4) is 0 Å². The van der Waals surface area contributed by atoms with Gasteiger partial charge in [0.15, 0.2) is 0 Å². The second-order valence-electron chi connectivity index (χ2n) is 7.26. The number of primary amides is 1. The van der Waals surface area contributed by atoms with Gasteiger partial charge in [-0.1, -0.05) is 41.9 Å². The third kappa shape index (κ3) is 5.10. The summed E-state index contributed by atoms with van der Waals surface area (Å²) in [5.41, 5.74) is 9.80. The van der Waals surface area contributed by atoms with Crippen molar-refractivity contribution in [2.45, 2.75) is 12.3 Å². The zero-order chi connectivity index (χ0) is 22.3. The van der Waals surface area contributed by atoms with E-state index in [2.05, 4.69) is 15.3 Å². The number of carbonyl (C=O) groups excluding carboxylic acids is 1. The van der Waals surface area contributed by atoms with E-state index in [9.17, 15) is 4.79 Å². The van der Waals surface area contributed by atoms with Crippen LogP contribution < -0.4 is 11.1 Å². The zero-order valence-corrected chi connectivity index (χ0v) is 18.0. The maximum Gasteiger partial charge on any atom is 0.229 e. The lowest BCUT2D eigenvalue weighted by atomic mass is 9.91. The van der Waals surface area contributed by atoms with Gasteiger partial charge in [0.2, 0.25) is 5.91 Å². The van der Waals surface area contributed by atoms with Gasteiger partial charge in [-0.15, -0.1) is 0 Å². The molecule has 4 aromatic rings. The molecule has 0 saturated carbocycles. The molecule has 32 heavy (non-hydrogen) atoms. The van der Waals surface area contributed by atoms with Crippen molar-refractivity contribution < 1.29 is 4.79 Å².